The van der Waals surface area contributed by atoms with Crippen molar-refractivity contribution in [1.29, 1.82) is 0 Å². The Morgan fingerprint density at radius 1 is 1.30 bits per heavy atom. The van der Waals surface area contributed by atoms with Crippen molar-refractivity contribution in [2.75, 3.05) is 6.61 Å². The van der Waals surface area contributed by atoms with E-state index in [1.807, 2.05) is 35.9 Å². The van der Waals surface area contributed by atoms with Crippen molar-refractivity contribution in [2.45, 2.75) is 46.0 Å². The van der Waals surface area contributed by atoms with Crippen molar-refractivity contribution < 1.29 is 13.9 Å². The first-order chi connectivity index (χ1) is 14.4. The number of rotatable bonds is 6. The standard InChI is InChI=1S/C21H22FN3O4S/c1-13-9-16(14(2)23(13)10-15-5-4-8-30-15)18(26)12-25-20(27)17(22)11-24(21(25)28)19-6-3-7-29-19/h4-5,8-9,11,19H,3,6-7,10,12H2,1-2H3/t19-/m0/s1. The number of ketones is 1. The minimum Gasteiger partial charge on any atom is -0.358 e. The number of hydrogen-bond acceptors (Lipinski definition) is 5. The molecule has 4 rings (SSSR count). The van der Waals surface area contributed by atoms with Crippen LogP contribution in [-0.4, -0.2) is 26.1 Å². The van der Waals surface area contributed by atoms with Crippen LogP contribution in [-0.2, 0) is 17.8 Å². The zero-order valence-corrected chi connectivity index (χ0v) is 17.6. The lowest BCUT2D eigenvalue weighted by molar-refractivity contribution is 0.0501. The first-order valence-electron chi connectivity index (χ1n) is 9.72. The monoisotopic (exact) mass is 431 g/mol. The zero-order valence-electron chi connectivity index (χ0n) is 16.8. The van der Waals surface area contributed by atoms with Gasteiger partial charge in [-0.1, -0.05) is 6.07 Å². The van der Waals surface area contributed by atoms with Gasteiger partial charge in [-0.2, -0.15) is 4.39 Å². The van der Waals surface area contributed by atoms with Gasteiger partial charge in [-0.05, 0) is 44.2 Å². The third-order valence-electron chi connectivity index (χ3n) is 5.44. The van der Waals surface area contributed by atoms with E-state index in [-0.39, 0.29) is 0 Å². The summed E-state index contributed by atoms with van der Waals surface area (Å²) in [7, 11) is 0. The predicted molar refractivity (Wildman–Crippen MR) is 111 cm³/mol. The minimum atomic E-state index is -1.10. The van der Waals surface area contributed by atoms with Gasteiger partial charge in [0.05, 0.1) is 19.3 Å². The Morgan fingerprint density at radius 2 is 2.10 bits per heavy atom. The first-order valence-corrected chi connectivity index (χ1v) is 10.6. The third-order valence-corrected chi connectivity index (χ3v) is 6.30. The van der Waals surface area contributed by atoms with Gasteiger partial charge < -0.3 is 9.30 Å². The van der Waals surface area contributed by atoms with E-state index >= 15 is 0 Å². The number of aryl methyl sites for hydroxylation is 1. The fraction of sp³-hybridized carbons (Fsp3) is 0.381. The summed E-state index contributed by atoms with van der Waals surface area (Å²) < 4.78 is 23.4. The average Bonchev–Trinajstić information content (AvgIpc) is 3.47. The number of carbonyl (C=O) groups is 1. The maximum absolute atomic E-state index is 14.2. The molecule has 3 aromatic heterocycles. The van der Waals surface area contributed by atoms with Gasteiger partial charge in [-0.3, -0.25) is 14.2 Å². The van der Waals surface area contributed by atoms with Gasteiger partial charge in [0.25, 0.3) is 5.56 Å². The van der Waals surface area contributed by atoms with Crippen LogP contribution in [0.2, 0.25) is 0 Å². The maximum atomic E-state index is 14.2. The van der Waals surface area contributed by atoms with Crippen molar-refractivity contribution >= 4 is 17.1 Å². The van der Waals surface area contributed by atoms with E-state index in [1.165, 1.54) is 0 Å². The molecular weight excluding hydrogens is 409 g/mol. The van der Waals surface area contributed by atoms with Crippen LogP contribution in [0.3, 0.4) is 0 Å². The lowest BCUT2D eigenvalue weighted by Gasteiger charge is -2.15. The van der Waals surface area contributed by atoms with Gasteiger partial charge in [0, 0.05) is 28.4 Å². The number of carbonyl (C=O) groups excluding carboxylic acids is 1. The molecule has 0 spiro atoms. The second kappa shape index (κ2) is 8.16. The number of Topliss-reactive ketones (excluding diaryl/α,β-unsaturated/α-hetero) is 1. The highest BCUT2D eigenvalue weighted by Crippen LogP contribution is 2.22. The largest absolute Gasteiger partial charge is 0.358 e. The first kappa shape index (κ1) is 20.5. The van der Waals surface area contributed by atoms with Crippen molar-refractivity contribution in [3.63, 3.8) is 0 Å². The summed E-state index contributed by atoms with van der Waals surface area (Å²) in [5.74, 6) is -1.50. The van der Waals surface area contributed by atoms with Crippen molar-refractivity contribution in [2.24, 2.45) is 0 Å². The van der Waals surface area contributed by atoms with Crippen LogP contribution in [0, 0.1) is 19.7 Å². The molecule has 3 aromatic rings. The Morgan fingerprint density at radius 3 is 2.77 bits per heavy atom. The number of ether oxygens (including phenoxy) is 1. The molecule has 0 radical (unpaired) electrons. The van der Waals surface area contributed by atoms with E-state index < -0.39 is 35.6 Å². The fourth-order valence-corrected chi connectivity index (χ4v) is 4.52. The van der Waals surface area contributed by atoms with Gasteiger partial charge in [0.15, 0.2) is 5.78 Å². The number of halogens is 1. The van der Waals surface area contributed by atoms with E-state index in [4.69, 9.17) is 4.74 Å². The Labute approximate surface area is 176 Å². The highest BCUT2D eigenvalue weighted by Gasteiger charge is 2.24. The smallest absolute Gasteiger partial charge is 0.333 e. The molecule has 1 atom stereocenters. The minimum absolute atomic E-state index is 0.413. The van der Waals surface area contributed by atoms with Crippen molar-refractivity contribution in [3.05, 3.63) is 78.3 Å². The van der Waals surface area contributed by atoms with Crippen molar-refractivity contribution in [1.82, 2.24) is 13.7 Å². The zero-order chi connectivity index (χ0) is 21.4. The molecular formula is C21H22FN3O4S. The molecule has 158 valence electrons. The summed E-state index contributed by atoms with van der Waals surface area (Å²) in [6, 6.07) is 5.73. The van der Waals surface area contributed by atoms with E-state index in [2.05, 4.69) is 0 Å². The molecule has 0 aliphatic carbocycles. The molecule has 0 unspecified atom stereocenters. The van der Waals surface area contributed by atoms with Crippen LogP contribution < -0.4 is 11.2 Å². The number of hydrogen-bond donors (Lipinski definition) is 0. The molecule has 9 heteroatoms. The average molecular weight is 431 g/mol. The van der Waals surface area contributed by atoms with E-state index in [1.54, 1.807) is 17.4 Å². The predicted octanol–water partition coefficient (Wildman–Crippen LogP) is 2.87. The maximum Gasteiger partial charge on any atom is 0.333 e. The van der Waals surface area contributed by atoms with Crippen LogP contribution in [0.4, 0.5) is 4.39 Å². The highest BCUT2D eigenvalue weighted by atomic mass is 32.1. The molecule has 7 nitrogen and oxygen atoms in total. The summed E-state index contributed by atoms with van der Waals surface area (Å²) in [5.41, 5.74) is 0.217. The Balaban J connectivity index is 1.66. The third kappa shape index (κ3) is 3.70. The van der Waals surface area contributed by atoms with Crippen molar-refractivity contribution in [3.8, 4) is 0 Å². The van der Waals surface area contributed by atoms with Gasteiger partial charge >= 0.3 is 5.69 Å². The summed E-state index contributed by atoms with van der Waals surface area (Å²) in [6.07, 6.45) is 1.54. The second-order valence-electron chi connectivity index (χ2n) is 7.40. The molecule has 1 aliphatic rings. The van der Waals surface area contributed by atoms with Crippen LogP contribution in [0.15, 0.2) is 39.4 Å². The Bertz CT molecular complexity index is 1200. The lowest BCUT2D eigenvalue weighted by atomic mass is 10.1. The molecule has 0 aromatic carbocycles. The molecule has 0 saturated carbocycles. The molecule has 4 heterocycles. The molecule has 1 fully saturated rings. The van der Waals surface area contributed by atoms with Gasteiger partial charge in [0.2, 0.25) is 5.82 Å². The summed E-state index contributed by atoms with van der Waals surface area (Å²) >= 11 is 1.63. The lowest BCUT2D eigenvalue weighted by Crippen LogP contribution is -2.43. The summed E-state index contributed by atoms with van der Waals surface area (Å²) in [6.45, 7) is 4.30. The quantitative estimate of drug-likeness (QED) is 0.563. The second-order valence-corrected chi connectivity index (χ2v) is 8.43. The number of nitrogens with zero attached hydrogens (tertiary/aromatic N) is 3. The van der Waals surface area contributed by atoms with Crippen LogP contribution >= 0.6 is 11.3 Å². The van der Waals surface area contributed by atoms with Gasteiger partial charge in [-0.25, -0.2) is 9.36 Å². The molecule has 30 heavy (non-hydrogen) atoms. The summed E-state index contributed by atoms with van der Waals surface area (Å²) in [4.78, 5) is 39.2. The molecule has 0 N–H and O–H groups in total. The fourth-order valence-electron chi connectivity index (χ4n) is 3.83. The van der Waals surface area contributed by atoms with E-state index in [9.17, 15) is 18.8 Å². The molecule has 0 bridgehead atoms. The van der Waals surface area contributed by atoms with Gasteiger partial charge in [0.1, 0.15) is 6.23 Å². The Hall–Kier alpha value is -2.78. The SMILES string of the molecule is Cc1cc(C(=O)Cn2c(=O)c(F)cn([C@@H]3CCCO3)c2=O)c(C)n1Cc1cccs1. The highest BCUT2D eigenvalue weighted by molar-refractivity contribution is 7.09. The van der Waals surface area contributed by atoms with E-state index in [0.717, 1.165) is 33.4 Å². The van der Waals surface area contributed by atoms with E-state index in [0.29, 0.717) is 29.7 Å². The van der Waals surface area contributed by atoms with Gasteiger partial charge in [-0.15, -0.1) is 11.3 Å². The van der Waals surface area contributed by atoms with Crippen LogP contribution in [0.25, 0.3) is 0 Å². The number of aromatic nitrogens is 3. The van der Waals surface area contributed by atoms with Crippen LogP contribution in [0.1, 0.15) is 45.7 Å². The molecule has 1 saturated heterocycles. The summed E-state index contributed by atoms with van der Waals surface area (Å²) in [5, 5.41) is 1.99. The molecule has 0 amide bonds. The van der Waals surface area contributed by atoms with Crippen LogP contribution in [0.5, 0.6) is 0 Å². The number of thiophene rings is 1. The molecule has 1 aliphatic heterocycles. The normalized spacial score (nSPS) is 16.3. The topological polar surface area (TPSA) is 75.2 Å². The Kier molecular flexibility index (Phi) is 5.57.